The molecule has 0 atom stereocenters. The van der Waals surface area contributed by atoms with Crippen molar-refractivity contribution in [2.24, 2.45) is 0 Å². The van der Waals surface area contributed by atoms with Crippen molar-refractivity contribution in [3.8, 4) is 35.4 Å². The Bertz CT molecular complexity index is 1160. The number of aromatic hydroxyl groups is 1. The summed E-state index contributed by atoms with van der Waals surface area (Å²) in [6.07, 6.45) is 6.62. The molecule has 2 aromatic carbocycles. The van der Waals surface area contributed by atoms with E-state index in [0.717, 1.165) is 10.8 Å². The Kier molecular flexibility index (Phi) is 4.15. The quantitative estimate of drug-likeness (QED) is 0.612. The summed E-state index contributed by atoms with van der Waals surface area (Å²) in [5, 5.41) is 43.1. The van der Waals surface area contributed by atoms with Gasteiger partial charge in [0.15, 0.2) is 5.82 Å². The highest BCUT2D eigenvalue weighted by molar-refractivity contribution is 6.01. The lowest BCUT2D eigenvalue weighted by Crippen LogP contribution is -2.48. The van der Waals surface area contributed by atoms with Crippen molar-refractivity contribution in [2.75, 3.05) is 5.32 Å². The van der Waals surface area contributed by atoms with Crippen molar-refractivity contribution in [1.29, 1.82) is 5.26 Å². The minimum Gasteiger partial charge on any atom is -0.507 e. The monoisotopic (exact) mass is 370 g/mol. The Morgan fingerprint density at radius 1 is 1.14 bits per heavy atom. The summed E-state index contributed by atoms with van der Waals surface area (Å²) in [5.74, 6) is 3.06. The van der Waals surface area contributed by atoms with Crippen molar-refractivity contribution in [3.05, 3.63) is 47.5 Å². The van der Waals surface area contributed by atoms with Crippen LogP contribution in [0.1, 0.15) is 30.9 Å². The van der Waals surface area contributed by atoms with Gasteiger partial charge in [0.25, 0.3) is 0 Å². The second kappa shape index (κ2) is 6.53. The lowest BCUT2D eigenvalue weighted by molar-refractivity contribution is -0.0235. The third-order valence-corrected chi connectivity index (χ3v) is 5.04. The molecule has 138 valence electrons. The molecule has 0 bridgehead atoms. The number of rotatable bonds is 3. The number of terminal acetylenes is 1. The fourth-order valence-electron chi connectivity index (χ4n) is 3.65. The van der Waals surface area contributed by atoms with E-state index in [-0.39, 0.29) is 11.8 Å². The molecule has 1 fully saturated rings. The molecular weight excluding hydrogens is 352 g/mol. The lowest BCUT2D eigenvalue weighted by atomic mass is 9.77. The molecule has 3 N–H and O–H groups in total. The number of nitrogens with one attached hydrogen (secondary N) is 1. The predicted octanol–water partition coefficient (Wildman–Crippen LogP) is 3.18. The van der Waals surface area contributed by atoms with Gasteiger partial charge in [-0.15, -0.1) is 16.6 Å². The molecule has 0 amide bonds. The van der Waals surface area contributed by atoms with Gasteiger partial charge in [-0.2, -0.15) is 5.26 Å². The van der Waals surface area contributed by atoms with Gasteiger partial charge in [0.05, 0.1) is 17.2 Å². The fraction of sp³-hybridized carbons (Fsp3) is 0.227. The zero-order valence-corrected chi connectivity index (χ0v) is 15.3. The summed E-state index contributed by atoms with van der Waals surface area (Å²) in [4.78, 5) is 0. The average molecular weight is 370 g/mol. The molecule has 4 rings (SSSR count). The number of hydrogen-bond donors (Lipinski definition) is 3. The standard InChI is InChI=1S/C22H18N4O2/c1-3-13-4-7-17(19(27)9-13)20-16-6-5-14(12-23)8-18(16)21(26-25-20)24-15-10-22(2,28)11-15/h1,4-9,15,27-28H,10-11H2,2H3,(H,24,26). The van der Waals surface area contributed by atoms with Gasteiger partial charge in [-0.25, -0.2) is 0 Å². The average Bonchev–Trinajstić information content (AvgIpc) is 2.66. The fourth-order valence-corrected chi connectivity index (χ4v) is 3.65. The van der Waals surface area contributed by atoms with E-state index < -0.39 is 5.60 Å². The summed E-state index contributed by atoms with van der Waals surface area (Å²) >= 11 is 0. The van der Waals surface area contributed by atoms with Crippen LogP contribution in [0, 0.1) is 23.7 Å². The van der Waals surface area contributed by atoms with Gasteiger partial charge < -0.3 is 15.5 Å². The van der Waals surface area contributed by atoms with Crippen LogP contribution in [0.25, 0.3) is 22.0 Å². The molecule has 1 aliphatic rings. The third-order valence-electron chi connectivity index (χ3n) is 5.04. The van der Waals surface area contributed by atoms with Crippen LogP contribution >= 0.6 is 0 Å². The number of aromatic nitrogens is 2. The van der Waals surface area contributed by atoms with Crippen molar-refractivity contribution in [2.45, 2.75) is 31.4 Å². The molecule has 28 heavy (non-hydrogen) atoms. The first-order valence-corrected chi connectivity index (χ1v) is 8.90. The summed E-state index contributed by atoms with van der Waals surface area (Å²) in [7, 11) is 0. The molecular formula is C22H18N4O2. The van der Waals surface area contributed by atoms with E-state index in [1.165, 1.54) is 6.07 Å². The minimum atomic E-state index is -0.663. The molecule has 0 radical (unpaired) electrons. The molecule has 0 spiro atoms. The van der Waals surface area contributed by atoms with Crippen LogP contribution in [-0.2, 0) is 0 Å². The molecule has 0 unspecified atom stereocenters. The van der Waals surface area contributed by atoms with Crippen LogP contribution in [0.3, 0.4) is 0 Å². The van der Waals surface area contributed by atoms with E-state index in [4.69, 9.17) is 6.42 Å². The zero-order chi connectivity index (χ0) is 19.9. The van der Waals surface area contributed by atoms with E-state index in [1.54, 1.807) is 37.3 Å². The Morgan fingerprint density at radius 3 is 2.54 bits per heavy atom. The van der Waals surface area contributed by atoms with Crippen molar-refractivity contribution in [1.82, 2.24) is 10.2 Å². The second-order valence-electron chi connectivity index (χ2n) is 7.39. The molecule has 1 aliphatic carbocycles. The first-order valence-electron chi connectivity index (χ1n) is 8.90. The van der Waals surface area contributed by atoms with E-state index in [1.807, 2.05) is 0 Å². The second-order valence-corrected chi connectivity index (χ2v) is 7.39. The van der Waals surface area contributed by atoms with Gasteiger partial charge in [0, 0.05) is 27.9 Å². The highest BCUT2D eigenvalue weighted by Crippen LogP contribution is 2.38. The van der Waals surface area contributed by atoms with Crippen molar-refractivity contribution < 1.29 is 10.2 Å². The molecule has 0 saturated heterocycles. The number of fused-ring (bicyclic) bond motifs is 1. The van der Waals surface area contributed by atoms with Crippen LogP contribution in [-0.4, -0.2) is 32.1 Å². The summed E-state index contributed by atoms with van der Waals surface area (Å²) in [6.45, 7) is 1.80. The summed E-state index contributed by atoms with van der Waals surface area (Å²) in [6, 6.07) is 12.4. The van der Waals surface area contributed by atoms with Crippen molar-refractivity contribution >= 4 is 16.6 Å². The predicted molar refractivity (Wildman–Crippen MR) is 107 cm³/mol. The third kappa shape index (κ3) is 3.11. The largest absolute Gasteiger partial charge is 0.507 e. The summed E-state index contributed by atoms with van der Waals surface area (Å²) < 4.78 is 0. The number of nitriles is 1. The number of phenols is 1. The first-order chi connectivity index (χ1) is 13.4. The van der Waals surface area contributed by atoms with Crippen LogP contribution in [0.15, 0.2) is 36.4 Å². The van der Waals surface area contributed by atoms with Gasteiger partial charge in [-0.3, -0.25) is 0 Å². The van der Waals surface area contributed by atoms with E-state index in [0.29, 0.717) is 41.0 Å². The topological polar surface area (TPSA) is 102 Å². The highest BCUT2D eigenvalue weighted by Gasteiger charge is 2.38. The Balaban J connectivity index is 1.83. The molecule has 0 aliphatic heterocycles. The number of anilines is 1. The Hall–Kier alpha value is -3.61. The molecule has 3 aromatic rings. The van der Waals surface area contributed by atoms with Gasteiger partial charge in [0.1, 0.15) is 11.4 Å². The maximum atomic E-state index is 10.4. The van der Waals surface area contributed by atoms with E-state index in [2.05, 4.69) is 27.5 Å². The number of nitrogens with zero attached hydrogens (tertiary/aromatic N) is 3. The van der Waals surface area contributed by atoms with Crippen molar-refractivity contribution in [3.63, 3.8) is 0 Å². The zero-order valence-electron chi connectivity index (χ0n) is 15.3. The molecule has 1 saturated carbocycles. The molecule has 6 nitrogen and oxygen atoms in total. The SMILES string of the molecule is C#Cc1ccc(-c2nnc(NC3CC(C)(O)C3)c3cc(C#N)ccc23)c(O)c1. The van der Waals surface area contributed by atoms with Crippen LogP contribution in [0.4, 0.5) is 5.82 Å². The van der Waals surface area contributed by atoms with Gasteiger partial charge in [0.2, 0.25) is 0 Å². The Labute approximate surface area is 162 Å². The normalized spacial score (nSPS) is 20.8. The van der Waals surface area contributed by atoms with Crippen LogP contribution < -0.4 is 5.32 Å². The summed E-state index contributed by atoms with van der Waals surface area (Å²) in [5.41, 5.74) is 1.43. The van der Waals surface area contributed by atoms with Crippen LogP contribution in [0.2, 0.25) is 0 Å². The maximum absolute atomic E-state index is 10.4. The Morgan fingerprint density at radius 2 is 1.89 bits per heavy atom. The molecule has 6 heteroatoms. The number of phenolic OH excluding ortho intramolecular Hbond substituents is 1. The van der Waals surface area contributed by atoms with Gasteiger partial charge >= 0.3 is 0 Å². The van der Waals surface area contributed by atoms with Crippen LogP contribution in [0.5, 0.6) is 5.75 Å². The lowest BCUT2D eigenvalue weighted by Gasteiger charge is -2.41. The highest BCUT2D eigenvalue weighted by atomic mass is 16.3. The molecule has 1 aromatic heterocycles. The van der Waals surface area contributed by atoms with Gasteiger partial charge in [-0.05, 0) is 50.1 Å². The number of hydrogen-bond acceptors (Lipinski definition) is 6. The minimum absolute atomic E-state index is 0.0196. The maximum Gasteiger partial charge on any atom is 0.156 e. The first kappa shape index (κ1) is 17.8. The number of benzene rings is 2. The smallest absolute Gasteiger partial charge is 0.156 e. The number of aliphatic hydroxyl groups is 1. The van der Waals surface area contributed by atoms with E-state index >= 15 is 0 Å². The van der Waals surface area contributed by atoms with Gasteiger partial charge in [-0.1, -0.05) is 12.0 Å². The van der Waals surface area contributed by atoms with E-state index in [9.17, 15) is 15.5 Å². The molecule has 1 heterocycles.